The fourth-order valence-electron chi connectivity index (χ4n) is 9.54. The number of likely N-dealkylation sites (N-methyl/N-ethyl adjacent to an activating group) is 1. The van der Waals surface area contributed by atoms with Crippen LogP contribution in [0.2, 0.25) is 5.02 Å². The van der Waals surface area contributed by atoms with Crippen LogP contribution in [-0.2, 0) is 54.1 Å². The molecule has 1 aliphatic carbocycles. The average Bonchev–Trinajstić information content (AvgIpc) is 3.96. The molecular formula is C49H69ClN4O14S. The predicted octanol–water partition coefficient (Wildman–Crippen LogP) is 5.68. The molecule has 9 atom stereocenters. The summed E-state index contributed by atoms with van der Waals surface area (Å²) in [7, 11) is 5.83. The number of hydrogen-bond acceptors (Lipinski definition) is 14. The Hall–Kier alpha value is -4.69. The van der Waals surface area contributed by atoms with Gasteiger partial charge in [-0.1, -0.05) is 36.2 Å². The molecule has 3 saturated heterocycles. The summed E-state index contributed by atoms with van der Waals surface area (Å²) in [5, 5.41) is 23.4. The van der Waals surface area contributed by atoms with E-state index in [1.54, 1.807) is 40.0 Å². The number of carboxylic acid groups (broad SMARTS) is 1. The molecule has 0 radical (unpaired) electrons. The molecule has 4 aliphatic rings. The number of epoxide rings is 1. The van der Waals surface area contributed by atoms with Crippen LogP contribution in [0.25, 0.3) is 0 Å². The molecule has 3 N–H and O–H groups in total. The summed E-state index contributed by atoms with van der Waals surface area (Å²) in [6.07, 6.45) is 0.727. The van der Waals surface area contributed by atoms with Crippen LogP contribution in [0.4, 0.5) is 10.5 Å². The number of aliphatic hydroxyl groups is 1. The van der Waals surface area contributed by atoms with E-state index >= 15 is 0 Å². The second kappa shape index (κ2) is 22.6. The average molecular weight is 1010 g/mol. The summed E-state index contributed by atoms with van der Waals surface area (Å²) in [6, 6.07) is 2.43. The van der Waals surface area contributed by atoms with Crippen LogP contribution < -0.4 is 15.0 Å². The summed E-state index contributed by atoms with van der Waals surface area (Å²) >= 11 is 7.98. The highest BCUT2D eigenvalue weighted by molar-refractivity contribution is 8.01. The highest BCUT2D eigenvalue weighted by atomic mass is 35.5. The topological polar surface area (TPSA) is 231 Å². The highest BCUT2D eigenvalue weighted by Gasteiger charge is 2.64. The molecule has 0 aromatic heterocycles. The number of benzene rings is 1. The number of anilines is 1. The Bertz CT molecular complexity index is 2190. The van der Waals surface area contributed by atoms with E-state index in [-0.39, 0.29) is 54.3 Å². The minimum absolute atomic E-state index is 0.0267. The number of nitrogens with one attached hydrogen (secondary N) is 1. The maximum Gasteiger partial charge on any atom is 0.409 e. The van der Waals surface area contributed by atoms with Crippen molar-refractivity contribution < 1.29 is 67.5 Å². The number of carbonyl (C=O) groups is 7. The van der Waals surface area contributed by atoms with Gasteiger partial charge in [0.1, 0.15) is 45.5 Å². The van der Waals surface area contributed by atoms with Crippen molar-refractivity contribution in [2.45, 2.75) is 146 Å². The van der Waals surface area contributed by atoms with Gasteiger partial charge in [0.05, 0.1) is 37.7 Å². The number of likely N-dealkylation sites (tertiary alicyclic amines) is 1. The first-order valence-electron chi connectivity index (χ1n) is 23.3. The highest BCUT2D eigenvalue weighted by Crippen LogP contribution is 2.49. The molecule has 382 valence electrons. The minimum Gasteiger partial charge on any atom is -0.495 e. The van der Waals surface area contributed by atoms with Gasteiger partial charge >= 0.3 is 18.0 Å². The monoisotopic (exact) mass is 1000 g/mol. The van der Waals surface area contributed by atoms with Crippen molar-refractivity contribution in [2.75, 3.05) is 45.5 Å². The quantitative estimate of drug-likeness (QED) is 0.0549. The molecule has 1 aromatic rings. The second-order valence-electron chi connectivity index (χ2n) is 19.2. The van der Waals surface area contributed by atoms with E-state index in [1.165, 1.54) is 60.7 Å². The lowest BCUT2D eigenvalue weighted by Gasteiger charge is -2.42. The third kappa shape index (κ3) is 12.4. The van der Waals surface area contributed by atoms with E-state index in [2.05, 4.69) is 11.9 Å². The zero-order valence-electron chi connectivity index (χ0n) is 41.3. The Kier molecular flexibility index (Phi) is 18.1. The number of allylic oxidation sites excluding steroid dienone is 2. The van der Waals surface area contributed by atoms with Crippen molar-refractivity contribution in [3.8, 4) is 5.75 Å². The van der Waals surface area contributed by atoms with Crippen LogP contribution in [0.1, 0.15) is 98.5 Å². The minimum atomic E-state index is -1.86. The number of amides is 5. The molecule has 3 aliphatic heterocycles. The number of nitrogens with zero attached hydrogens (tertiary/aromatic N) is 3. The van der Waals surface area contributed by atoms with Crippen LogP contribution >= 0.6 is 23.4 Å². The fourth-order valence-corrected chi connectivity index (χ4v) is 11.0. The number of aliphatic carboxylic acids is 1. The zero-order chi connectivity index (χ0) is 51.3. The summed E-state index contributed by atoms with van der Waals surface area (Å²) in [6.45, 7) is 14.4. The number of rotatable bonds is 22. The molecule has 5 amide bonds. The summed E-state index contributed by atoms with van der Waals surface area (Å²) < 4.78 is 27.9. The van der Waals surface area contributed by atoms with Crippen LogP contribution in [0.15, 0.2) is 36.4 Å². The lowest BCUT2D eigenvalue weighted by Crippen LogP contribution is -2.63. The van der Waals surface area contributed by atoms with Gasteiger partial charge in [0.25, 0.3) is 0 Å². The van der Waals surface area contributed by atoms with Gasteiger partial charge in [-0.2, -0.15) is 0 Å². The molecule has 0 unspecified atom stereocenters. The van der Waals surface area contributed by atoms with E-state index in [1.807, 2.05) is 19.9 Å². The SMILES string of the molecule is C=C[C@@H](OC)[C@@]1(O)C[C@@H]([C@@H](C)[C@@H]2O[C@@]2(C)[C@H](CC(=O)N(C)c2cc(C/C(C)=C/C)cc(OC)c2Cl)OC(=O)[C@H](C)N(C)C(=O)CCS[C@@]2(C)CC(=O)N(C[C@H]3CC[C@H](C(=O)O)CC3)C2=O)OC(=O)N1. The van der Waals surface area contributed by atoms with Crippen molar-refractivity contribution >= 4 is 70.7 Å². The number of hydrogen-bond donors (Lipinski definition) is 3. The van der Waals surface area contributed by atoms with Gasteiger partial charge in [-0.05, 0) is 90.3 Å². The molecular weight excluding hydrogens is 936 g/mol. The first kappa shape index (κ1) is 55.2. The molecule has 1 aromatic carbocycles. The van der Waals surface area contributed by atoms with E-state index < -0.39 is 94.6 Å². The summed E-state index contributed by atoms with van der Waals surface area (Å²) in [5.74, 6) is -3.70. The Morgan fingerprint density at radius 1 is 1.09 bits per heavy atom. The van der Waals surface area contributed by atoms with E-state index in [0.717, 1.165) is 11.1 Å². The van der Waals surface area contributed by atoms with Crippen LogP contribution in [-0.4, -0.2) is 149 Å². The first-order valence-corrected chi connectivity index (χ1v) is 24.7. The molecule has 3 heterocycles. The molecule has 69 heavy (non-hydrogen) atoms. The number of carboxylic acids is 1. The Labute approximate surface area is 413 Å². The number of halogens is 1. The van der Waals surface area contributed by atoms with Gasteiger partial charge in [0.15, 0.2) is 5.72 Å². The number of alkyl carbamates (subject to hydrolysis) is 1. The largest absolute Gasteiger partial charge is 0.495 e. The first-order chi connectivity index (χ1) is 32.4. The molecule has 4 fully saturated rings. The third-order valence-electron chi connectivity index (χ3n) is 14.4. The van der Waals surface area contributed by atoms with E-state index in [9.17, 15) is 43.8 Å². The Morgan fingerprint density at radius 3 is 2.35 bits per heavy atom. The van der Waals surface area contributed by atoms with Gasteiger partial charge in [-0.25, -0.2) is 9.59 Å². The molecule has 5 rings (SSSR count). The lowest BCUT2D eigenvalue weighted by atomic mass is 9.82. The van der Waals surface area contributed by atoms with Crippen molar-refractivity contribution in [3.05, 3.63) is 47.0 Å². The summed E-state index contributed by atoms with van der Waals surface area (Å²) in [4.78, 5) is 96.8. The molecule has 1 saturated carbocycles. The van der Waals surface area contributed by atoms with Gasteiger partial charge in [-0.3, -0.25) is 34.2 Å². The van der Waals surface area contributed by atoms with Crippen molar-refractivity contribution in [1.82, 2.24) is 15.1 Å². The number of esters is 1. The number of thioether (sulfide) groups is 1. The van der Waals surface area contributed by atoms with Crippen LogP contribution in [0.5, 0.6) is 5.75 Å². The van der Waals surface area contributed by atoms with E-state index in [4.69, 9.17) is 35.3 Å². The van der Waals surface area contributed by atoms with Crippen molar-refractivity contribution in [1.29, 1.82) is 0 Å². The van der Waals surface area contributed by atoms with Gasteiger partial charge in [0.2, 0.25) is 23.6 Å². The normalized spacial score (nSPS) is 28.7. The molecule has 0 bridgehead atoms. The van der Waals surface area contributed by atoms with Crippen LogP contribution in [0.3, 0.4) is 0 Å². The van der Waals surface area contributed by atoms with Gasteiger partial charge in [0, 0.05) is 52.3 Å². The van der Waals surface area contributed by atoms with Gasteiger partial charge in [-0.15, -0.1) is 18.3 Å². The lowest BCUT2D eigenvalue weighted by molar-refractivity contribution is -0.162. The Morgan fingerprint density at radius 2 is 1.75 bits per heavy atom. The summed E-state index contributed by atoms with van der Waals surface area (Å²) in [5.41, 5.74) is -0.910. The van der Waals surface area contributed by atoms with E-state index in [0.29, 0.717) is 43.5 Å². The number of methoxy groups -OCH3 is 2. The Balaban J connectivity index is 1.29. The number of carbonyl (C=O) groups excluding carboxylic acids is 6. The van der Waals surface area contributed by atoms with Crippen molar-refractivity contribution in [3.63, 3.8) is 0 Å². The number of ether oxygens (including phenoxy) is 5. The van der Waals surface area contributed by atoms with Gasteiger partial charge < -0.3 is 43.7 Å². The van der Waals surface area contributed by atoms with Crippen LogP contribution in [0, 0.1) is 17.8 Å². The maximum absolute atomic E-state index is 14.4. The third-order valence-corrected chi connectivity index (χ3v) is 16.2. The molecule has 18 nitrogen and oxygen atoms in total. The smallest absolute Gasteiger partial charge is 0.409 e. The second-order valence-corrected chi connectivity index (χ2v) is 21.2. The molecule has 0 spiro atoms. The predicted molar refractivity (Wildman–Crippen MR) is 258 cm³/mol. The number of cyclic esters (lactones) is 1. The number of imide groups is 1. The van der Waals surface area contributed by atoms with Crippen molar-refractivity contribution in [2.24, 2.45) is 17.8 Å². The standard InChI is InChI=1S/C49H69ClN4O14S/c1-12-27(3)20-31-21-33(41(50)34(22-31)64-10)53(9)39(56)23-37(48(7)42(68-48)28(4)35-24-49(63,36(13-2)65-11)51-46(62)66-35)67-44(60)29(5)52(8)38(55)18-19-69-47(6)25-40(57)54(45(47)61)26-30-14-16-32(17-15-30)43(58)59/h12-13,21-22,28-30,32,35-37,42,63H,2,14-20,23-26H2,1,3-11H3,(H,51,62)(H,58,59)/b27-12+/t28-,29+,30-,32-,35+,36-,37+,42+,47+,48+,49+/m1/s1. The fraction of sp³-hybridized carbons (Fsp3) is 0.653. The zero-order valence-corrected chi connectivity index (χ0v) is 42.9. The molecule has 20 heteroatoms. The maximum atomic E-state index is 14.4.